The molecule has 0 spiro atoms. The lowest BCUT2D eigenvalue weighted by molar-refractivity contribution is -0.121. The van der Waals surface area contributed by atoms with E-state index >= 15 is 0 Å². The highest BCUT2D eigenvalue weighted by Gasteiger charge is 2.18. The lowest BCUT2D eigenvalue weighted by Crippen LogP contribution is -2.34. The van der Waals surface area contributed by atoms with Crippen LogP contribution in [0.5, 0.6) is 0 Å². The number of rotatable bonds is 6. The number of anilines is 1. The lowest BCUT2D eigenvalue weighted by Gasteiger charge is -2.12. The molecule has 0 bridgehead atoms. The second-order valence-corrected chi connectivity index (χ2v) is 6.64. The van der Waals surface area contributed by atoms with E-state index in [9.17, 15) is 9.59 Å². The molecule has 1 aromatic rings. The molecule has 0 atom stereocenters. The summed E-state index contributed by atoms with van der Waals surface area (Å²) in [5, 5.41) is 8.70. The maximum atomic E-state index is 12.0. The van der Waals surface area contributed by atoms with Crippen molar-refractivity contribution < 1.29 is 9.59 Å². The Hall–Kier alpha value is -1.95. The Bertz CT molecular complexity index is 580. The Morgan fingerprint density at radius 1 is 1.12 bits per heavy atom. The van der Waals surface area contributed by atoms with Crippen molar-refractivity contribution in [3.05, 3.63) is 29.8 Å². The molecule has 2 rings (SSSR count). The summed E-state index contributed by atoms with van der Waals surface area (Å²) in [6, 6.07) is 7.70. The Morgan fingerprint density at radius 3 is 2.42 bits per heavy atom. The van der Waals surface area contributed by atoms with Gasteiger partial charge in [-0.05, 0) is 55.1 Å². The summed E-state index contributed by atoms with van der Waals surface area (Å²) in [6.07, 6.45) is 6.47. The van der Waals surface area contributed by atoms with Crippen LogP contribution in [0.25, 0.3) is 0 Å². The molecule has 1 aliphatic rings. The van der Waals surface area contributed by atoms with Gasteiger partial charge in [0.2, 0.25) is 11.8 Å². The molecule has 6 heteroatoms. The van der Waals surface area contributed by atoms with Gasteiger partial charge in [0.1, 0.15) is 0 Å². The number of nitrogens with one attached hydrogen (secondary N) is 3. The highest BCUT2D eigenvalue weighted by molar-refractivity contribution is 7.80. The van der Waals surface area contributed by atoms with Crippen molar-refractivity contribution in [1.29, 1.82) is 0 Å². The highest BCUT2D eigenvalue weighted by Crippen LogP contribution is 2.27. The predicted molar refractivity (Wildman–Crippen MR) is 99.8 cm³/mol. The number of hydrogen-bond acceptors (Lipinski definition) is 3. The Kier molecular flexibility index (Phi) is 7.18. The molecule has 0 unspecified atom stereocenters. The SMILES string of the molecule is CNC(=O)CCc1ccc(NC(=S)NC(=O)CC2CCCC2)cc1. The molecule has 1 aromatic carbocycles. The molecule has 0 aliphatic heterocycles. The average Bonchev–Trinajstić information content (AvgIpc) is 3.06. The fourth-order valence-electron chi connectivity index (χ4n) is 2.95. The molecular weight excluding hydrogens is 322 g/mol. The standard InChI is InChI=1S/C18H25N3O2S/c1-19-16(22)11-8-13-6-9-15(10-7-13)20-18(24)21-17(23)12-14-4-2-3-5-14/h6-7,9-10,14H,2-5,8,11-12H2,1H3,(H,19,22)(H2,20,21,23,24). The maximum absolute atomic E-state index is 12.0. The first kappa shape index (κ1) is 18.4. The van der Waals surface area contributed by atoms with Crippen LogP contribution < -0.4 is 16.0 Å². The molecule has 1 fully saturated rings. The number of benzene rings is 1. The minimum Gasteiger partial charge on any atom is -0.359 e. The van der Waals surface area contributed by atoms with E-state index in [0.717, 1.165) is 24.1 Å². The molecule has 0 saturated heterocycles. The average molecular weight is 347 g/mol. The second kappa shape index (κ2) is 9.37. The van der Waals surface area contributed by atoms with Crippen LogP contribution in [-0.4, -0.2) is 24.0 Å². The van der Waals surface area contributed by atoms with E-state index in [4.69, 9.17) is 12.2 Å². The van der Waals surface area contributed by atoms with Crippen LogP contribution in [-0.2, 0) is 16.0 Å². The van der Waals surface area contributed by atoms with Crippen LogP contribution in [0.4, 0.5) is 5.69 Å². The van der Waals surface area contributed by atoms with Crippen molar-refractivity contribution in [3.8, 4) is 0 Å². The van der Waals surface area contributed by atoms with Crippen molar-refractivity contribution >= 4 is 34.8 Å². The van der Waals surface area contributed by atoms with E-state index in [1.165, 1.54) is 12.8 Å². The molecule has 0 aromatic heterocycles. The summed E-state index contributed by atoms with van der Waals surface area (Å²) in [6.45, 7) is 0. The number of thiocarbonyl (C=S) groups is 1. The summed E-state index contributed by atoms with van der Waals surface area (Å²) in [5.74, 6) is 0.525. The molecule has 0 heterocycles. The van der Waals surface area contributed by atoms with E-state index in [-0.39, 0.29) is 11.8 Å². The molecule has 5 nitrogen and oxygen atoms in total. The van der Waals surface area contributed by atoms with Gasteiger partial charge < -0.3 is 16.0 Å². The molecule has 0 radical (unpaired) electrons. The first-order valence-electron chi connectivity index (χ1n) is 8.47. The van der Waals surface area contributed by atoms with Gasteiger partial charge in [0.15, 0.2) is 5.11 Å². The molecule has 3 N–H and O–H groups in total. The van der Waals surface area contributed by atoms with E-state index in [0.29, 0.717) is 30.3 Å². The minimum absolute atomic E-state index is 0.0124. The molecule has 1 aliphatic carbocycles. The van der Waals surface area contributed by atoms with E-state index in [2.05, 4.69) is 16.0 Å². The maximum Gasteiger partial charge on any atom is 0.226 e. The zero-order chi connectivity index (χ0) is 17.4. The van der Waals surface area contributed by atoms with Crippen molar-refractivity contribution in [1.82, 2.24) is 10.6 Å². The summed E-state index contributed by atoms with van der Waals surface area (Å²) < 4.78 is 0. The number of aryl methyl sites for hydroxylation is 1. The van der Waals surface area contributed by atoms with Gasteiger partial charge in [-0.3, -0.25) is 9.59 Å². The number of carbonyl (C=O) groups is 2. The number of hydrogen-bond donors (Lipinski definition) is 3. The van der Waals surface area contributed by atoms with Crippen LogP contribution in [0.15, 0.2) is 24.3 Å². The normalized spacial score (nSPS) is 14.2. The molecule has 130 valence electrons. The van der Waals surface area contributed by atoms with Crippen molar-refractivity contribution in [2.24, 2.45) is 5.92 Å². The Morgan fingerprint density at radius 2 is 1.79 bits per heavy atom. The largest absolute Gasteiger partial charge is 0.359 e. The van der Waals surface area contributed by atoms with Gasteiger partial charge >= 0.3 is 0 Å². The van der Waals surface area contributed by atoms with E-state index in [1.807, 2.05) is 24.3 Å². The highest BCUT2D eigenvalue weighted by atomic mass is 32.1. The summed E-state index contributed by atoms with van der Waals surface area (Å²) >= 11 is 5.19. The summed E-state index contributed by atoms with van der Waals surface area (Å²) in [5.41, 5.74) is 1.91. The Balaban J connectivity index is 1.74. The predicted octanol–water partition coefficient (Wildman–Crippen LogP) is 2.76. The summed E-state index contributed by atoms with van der Waals surface area (Å²) in [4.78, 5) is 23.2. The zero-order valence-corrected chi connectivity index (χ0v) is 14.9. The molecule has 24 heavy (non-hydrogen) atoms. The van der Waals surface area contributed by atoms with E-state index in [1.54, 1.807) is 7.05 Å². The van der Waals surface area contributed by atoms with Gasteiger partial charge in [-0.15, -0.1) is 0 Å². The van der Waals surface area contributed by atoms with Crippen molar-refractivity contribution in [3.63, 3.8) is 0 Å². The van der Waals surface area contributed by atoms with Gasteiger partial charge in [0.05, 0.1) is 0 Å². The fraction of sp³-hybridized carbons (Fsp3) is 0.500. The topological polar surface area (TPSA) is 70.2 Å². The monoisotopic (exact) mass is 347 g/mol. The third kappa shape index (κ3) is 6.28. The minimum atomic E-state index is -0.0124. The van der Waals surface area contributed by atoms with Gasteiger partial charge in [-0.1, -0.05) is 25.0 Å². The van der Waals surface area contributed by atoms with Crippen molar-refractivity contribution in [2.75, 3.05) is 12.4 Å². The van der Waals surface area contributed by atoms with Crippen LogP contribution in [0.1, 0.15) is 44.1 Å². The second-order valence-electron chi connectivity index (χ2n) is 6.23. The first-order chi connectivity index (χ1) is 11.6. The van der Waals surface area contributed by atoms with Gasteiger partial charge in [0.25, 0.3) is 0 Å². The van der Waals surface area contributed by atoms with Gasteiger partial charge in [-0.25, -0.2) is 0 Å². The molecular formula is C18H25N3O2S. The van der Waals surface area contributed by atoms with Crippen molar-refractivity contribution in [2.45, 2.75) is 44.9 Å². The smallest absolute Gasteiger partial charge is 0.226 e. The third-order valence-electron chi connectivity index (χ3n) is 4.33. The Labute approximate surface area is 148 Å². The third-order valence-corrected chi connectivity index (χ3v) is 4.54. The van der Waals surface area contributed by atoms with Crippen LogP contribution in [0.2, 0.25) is 0 Å². The fourth-order valence-corrected chi connectivity index (χ4v) is 3.19. The lowest BCUT2D eigenvalue weighted by atomic mass is 10.0. The zero-order valence-electron chi connectivity index (χ0n) is 14.1. The van der Waals surface area contributed by atoms with Crippen LogP contribution in [0, 0.1) is 5.92 Å². The number of amides is 2. The first-order valence-corrected chi connectivity index (χ1v) is 8.88. The van der Waals surface area contributed by atoms with E-state index < -0.39 is 0 Å². The van der Waals surface area contributed by atoms with Gasteiger partial charge in [0, 0.05) is 25.6 Å². The quantitative estimate of drug-likeness (QED) is 0.692. The van der Waals surface area contributed by atoms with Crippen LogP contribution >= 0.6 is 12.2 Å². The van der Waals surface area contributed by atoms with Crippen LogP contribution in [0.3, 0.4) is 0 Å². The van der Waals surface area contributed by atoms with Gasteiger partial charge in [-0.2, -0.15) is 0 Å². The molecule has 2 amide bonds. The molecule has 1 saturated carbocycles. The summed E-state index contributed by atoms with van der Waals surface area (Å²) in [7, 11) is 1.64. The number of carbonyl (C=O) groups excluding carboxylic acids is 2.